The number of hydrogen-bond acceptors (Lipinski definition) is 2. The predicted octanol–water partition coefficient (Wildman–Crippen LogP) is 6.44. The molecule has 0 fully saturated rings. The number of fused-ring (bicyclic) bond motifs is 8. The van der Waals surface area contributed by atoms with Gasteiger partial charge in [0.1, 0.15) is 0 Å². The molecule has 0 saturated heterocycles. The van der Waals surface area contributed by atoms with Crippen LogP contribution in [0.2, 0.25) is 20.1 Å². The van der Waals surface area contributed by atoms with Gasteiger partial charge in [-0.2, -0.15) is 0 Å². The molecule has 146 valence electrons. The summed E-state index contributed by atoms with van der Waals surface area (Å²) in [5, 5.41) is 1.88. The van der Waals surface area contributed by atoms with Crippen LogP contribution in [0.25, 0.3) is 46.4 Å². The molecule has 3 aromatic heterocycles. The van der Waals surface area contributed by atoms with E-state index in [1.165, 1.54) is 0 Å². The highest BCUT2D eigenvalue weighted by atomic mass is 35.5. The van der Waals surface area contributed by atoms with Crippen LogP contribution >= 0.6 is 46.4 Å². The summed E-state index contributed by atoms with van der Waals surface area (Å²) >= 11 is 26.2. The molecule has 5 rings (SSSR count). The van der Waals surface area contributed by atoms with Crippen LogP contribution in [0.3, 0.4) is 0 Å². The van der Waals surface area contributed by atoms with Gasteiger partial charge >= 0.3 is 0 Å². The quantitative estimate of drug-likeness (QED) is 0.275. The lowest BCUT2D eigenvalue weighted by atomic mass is 10.3. The second-order valence-electron chi connectivity index (χ2n) is 6.26. The lowest BCUT2D eigenvalue weighted by molar-refractivity contribution is 0.824. The van der Waals surface area contributed by atoms with Crippen LogP contribution in [-0.2, 0) is 0 Å². The molecular formula is C20H12Cl4N4O. The fourth-order valence-corrected chi connectivity index (χ4v) is 3.93. The van der Waals surface area contributed by atoms with Crippen LogP contribution in [0, 0.1) is 0 Å². The second-order valence-corrected chi connectivity index (χ2v) is 7.77. The largest absolute Gasteiger partial charge is 0.412 e. The highest BCUT2D eigenvalue weighted by Gasteiger charge is 2.14. The number of hydrogen-bond donors (Lipinski definition) is 2. The van der Waals surface area contributed by atoms with Crippen molar-refractivity contribution >= 4 is 92.8 Å². The van der Waals surface area contributed by atoms with Crippen LogP contribution in [0.15, 0.2) is 24.3 Å². The summed E-state index contributed by atoms with van der Waals surface area (Å²) < 4.78 is 0. The van der Waals surface area contributed by atoms with Gasteiger partial charge in [-0.1, -0.05) is 46.4 Å². The summed E-state index contributed by atoms with van der Waals surface area (Å²) in [6.07, 6.45) is 7.22. The number of nitrogens with one attached hydrogen (secondary N) is 2. The zero-order valence-corrected chi connectivity index (χ0v) is 17.5. The van der Waals surface area contributed by atoms with E-state index in [0.29, 0.717) is 53.9 Å². The maximum absolute atomic E-state index is 6.57. The molecule has 0 amide bonds. The van der Waals surface area contributed by atoms with Gasteiger partial charge in [0.05, 0.1) is 64.9 Å². The van der Waals surface area contributed by atoms with Crippen molar-refractivity contribution in [3.8, 4) is 0 Å². The van der Waals surface area contributed by atoms with Gasteiger partial charge in [-0.05, 0) is 48.6 Å². The third-order valence-corrected chi connectivity index (χ3v) is 6.09. The van der Waals surface area contributed by atoms with Gasteiger partial charge in [-0.3, -0.25) is 0 Å². The summed E-state index contributed by atoms with van der Waals surface area (Å²) in [6, 6.07) is 7.42. The molecule has 5 heterocycles. The minimum absolute atomic E-state index is 0. The Kier molecular flexibility index (Phi) is 5.19. The summed E-state index contributed by atoms with van der Waals surface area (Å²) in [5.74, 6) is 0. The molecule has 0 aliphatic carbocycles. The average Bonchev–Trinajstić information content (AvgIpc) is 3.49. The smallest absolute Gasteiger partial charge is 0.0919 e. The van der Waals surface area contributed by atoms with Crippen molar-refractivity contribution in [1.29, 1.82) is 0 Å². The van der Waals surface area contributed by atoms with Gasteiger partial charge in [-0.25, -0.2) is 9.97 Å². The van der Waals surface area contributed by atoms with Crippen molar-refractivity contribution in [1.82, 2.24) is 19.9 Å². The minimum Gasteiger partial charge on any atom is -0.412 e. The lowest BCUT2D eigenvalue weighted by Crippen LogP contribution is -1.83. The number of nitrogens with zero attached hydrogens (tertiary/aromatic N) is 2. The van der Waals surface area contributed by atoms with Crippen LogP contribution in [0.1, 0.15) is 22.8 Å². The van der Waals surface area contributed by atoms with E-state index in [2.05, 4.69) is 19.9 Å². The van der Waals surface area contributed by atoms with Crippen LogP contribution < -0.4 is 0 Å². The zero-order valence-electron chi connectivity index (χ0n) is 14.5. The molecule has 0 spiro atoms. The first-order valence-electron chi connectivity index (χ1n) is 8.29. The minimum atomic E-state index is 0. The van der Waals surface area contributed by atoms with E-state index >= 15 is 0 Å². The van der Waals surface area contributed by atoms with Crippen LogP contribution in [-0.4, -0.2) is 25.4 Å². The Morgan fingerprint density at radius 1 is 0.483 bits per heavy atom. The standard InChI is InChI=1S/C20H10Cl4N4.H2O/c21-17-9-1-2-10(25-9)18(22)12-5-6-14(27-12)20(24)16-8-7-15(28-16)19(23)13-4-3-11(17)26-13;/h1-8,25-26H;1H2. The highest BCUT2D eigenvalue weighted by molar-refractivity contribution is 6.38. The molecule has 3 aromatic rings. The van der Waals surface area contributed by atoms with Gasteiger partial charge in [0, 0.05) is 0 Å². The van der Waals surface area contributed by atoms with E-state index in [1.807, 2.05) is 36.4 Å². The molecule has 2 aliphatic rings. The third-order valence-electron chi connectivity index (χ3n) is 4.50. The Morgan fingerprint density at radius 3 is 1.17 bits per heavy atom. The van der Waals surface area contributed by atoms with Crippen molar-refractivity contribution in [3.05, 3.63) is 67.1 Å². The topological polar surface area (TPSA) is 88.9 Å². The Hall–Kier alpha value is -2.28. The fraction of sp³-hybridized carbons (Fsp3) is 0. The normalized spacial score (nSPS) is 12.3. The molecular weight excluding hydrogens is 454 g/mol. The Morgan fingerprint density at radius 2 is 0.793 bits per heavy atom. The molecule has 29 heavy (non-hydrogen) atoms. The van der Waals surface area contributed by atoms with Gasteiger partial charge in [0.15, 0.2) is 0 Å². The molecule has 4 N–H and O–H groups in total. The van der Waals surface area contributed by atoms with Gasteiger partial charge in [-0.15, -0.1) is 0 Å². The Labute approximate surface area is 184 Å². The maximum atomic E-state index is 6.57. The van der Waals surface area contributed by atoms with E-state index in [4.69, 9.17) is 46.4 Å². The number of H-pyrrole nitrogens is 2. The zero-order chi connectivity index (χ0) is 19.4. The molecule has 0 radical (unpaired) electrons. The van der Waals surface area contributed by atoms with Crippen molar-refractivity contribution in [3.63, 3.8) is 0 Å². The van der Waals surface area contributed by atoms with Crippen molar-refractivity contribution < 1.29 is 5.48 Å². The van der Waals surface area contributed by atoms with E-state index in [9.17, 15) is 0 Å². The van der Waals surface area contributed by atoms with E-state index in [0.717, 1.165) is 11.0 Å². The lowest BCUT2D eigenvalue weighted by Gasteiger charge is -1.94. The number of aromatic amines is 2. The molecule has 9 heteroatoms. The molecule has 8 bridgehead atoms. The summed E-state index contributed by atoms with van der Waals surface area (Å²) in [4.78, 5) is 15.5. The first-order valence-corrected chi connectivity index (χ1v) is 9.80. The molecule has 0 saturated carbocycles. The van der Waals surface area contributed by atoms with Gasteiger partial charge in [0.2, 0.25) is 0 Å². The van der Waals surface area contributed by atoms with Gasteiger partial charge < -0.3 is 15.4 Å². The highest BCUT2D eigenvalue weighted by Crippen LogP contribution is 2.32. The van der Waals surface area contributed by atoms with Gasteiger partial charge in [0.25, 0.3) is 0 Å². The number of aromatic nitrogens is 4. The van der Waals surface area contributed by atoms with Crippen molar-refractivity contribution in [2.75, 3.05) is 0 Å². The van der Waals surface area contributed by atoms with E-state index in [-0.39, 0.29) is 5.48 Å². The summed E-state index contributed by atoms with van der Waals surface area (Å²) in [5.41, 5.74) is 5.21. The number of halogens is 4. The van der Waals surface area contributed by atoms with Crippen LogP contribution in [0.4, 0.5) is 0 Å². The van der Waals surface area contributed by atoms with Crippen LogP contribution in [0.5, 0.6) is 0 Å². The SMILES string of the molecule is Clc1c2nc(c(Cl)c3ccc([nH]3)c(Cl)c3ccc([nH]3)c(Cl)c3nc1C=C3)C=C2.O. The number of rotatable bonds is 0. The monoisotopic (exact) mass is 464 g/mol. The van der Waals surface area contributed by atoms with E-state index < -0.39 is 0 Å². The predicted molar refractivity (Wildman–Crippen MR) is 123 cm³/mol. The summed E-state index contributed by atoms with van der Waals surface area (Å²) in [7, 11) is 0. The molecule has 5 nitrogen and oxygen atoms in total. The molecule has 0 aromatic carbocycles. The first kappa shape index (κ1) is 20.0. The summed E-state index contributed by atoms with van der Waals surface area (Å²) in [6.45, 7) is 0. The molecule has 2 aliphatic heterocycles. The fourth-order valence-electron chi connectivity index (χ4n) is 3.07. The third kappa shape index (κ3) is 3.35. The van der Waals surface area contributed by atoms with Crippen molar-refractivity contribution in [2.24, 2.45) is 0 Å². The second kappa shape index (κ2) is 7.52. The average molecular weight is 466 g/mol. The first-order chi connectivity index (χ1) is 13.5. The Balaban J connectivity index is 0.00000205. The Bertz CT molecular complexity index is 1270. The van der Waals surface area contributed by atoms with E-state index in [1.54, 1.807) is 12.2 Å². The van der Waals surface area contributed by atoms with Crippen molar-refractivity contribution in [2.45, 2.75) is 0 Å². The molecule has 0 unspecified atom stereocenters. The maximum Gasteiger partial charge on any atom is 0.0919 e. The molecule has 0 atom stereocenters.